The summed E-state index contributed by atoms with van der Waals surface area (Å²) in [4.78, 5) is 150. The predicted octanol–water partition coefficient (Wildman–Crippen LogP) is 7.61. The number of benzene rings is 2. The molecule has 1 heterocycles. The molecule has 0 unspecified atom stereocenters. The lowest BCUT2D eigenvalue weighted by Gasteiger charge is -2.27. The minimum atomic E-state index is -1.44. The van der Waals surface area contributed by atoms with Crippen LogP contribution in [0.1, 0.15) is 194 Å². The van der Waals surface area contributed by atoms with Crippen molar-refractivity contribution < 1.29 is 86.3 Å². The van der Waals surface area contributed by atoms with E-state index in [9.17, 15) is 57.8 Å². The van der Waals surface area contributed by atoms with Gasteiger partial charge in [-0.3, -0.25) is 24.0 Å². The summed E-state index contributed by atoms with van der Waals surface area (Å²) in [5, 5.41) is 41.1. The second-order valence-electron chi connectivity index (χ2n) is 30.1. The number of hydrogen-bond donors (Lipinski definition) is 12. The third kappa shape index (κ3) is 36.0. The number of aromatic hydroxyl groups is 1. The molecule has 0 spiro atoms. The van der Waals surface area contributed by atoms with E-state index in [1.807, 2.05) is 0 Å². The highest BCUT2D eigenvalue weighted by atomic mass is 16.6. The molecule has 1 aliphatic heterocycles. The lowest BCUT2D eigenvalue weighted by Crippen LogP contribution is -2.59. The van der Waals surface area contributed by atoms with Crippen molar-refractivity contribution in [2.45, 2.75) is 265 Å². The largest absolute Gasteiger partial charge is 0.508 e. The van der Waals surface area contributed by atoms with Gasteiger partial charge in [0.05, 0.1) is 0 Å². The Morgan fingerprint density at radius 3 is 1.48 bits per heavy atom. The van der Waals surface area contributed by atoms with Gasteiger partial charge in [-0.25, -0.2) is 28.8 Å². The number of phenols is 1. The topological polar surface area (TPSA) is 396 Å². The number of carbonyl (C=O) groups excluding carboxylic acids is 11. The molecule has 0 fully saturated rings. The van der Waals surface area contributed by atoms with Crippen LogP contribution in [0.2, 0.25) is 0 Å². The number of unbranched alkanes of at least 4 members (excludes halogenated alkanes) is 1. The Hall–Kier alpha value is -8.79. The lowest BCUT2D eigenvalue weighted by atomic mass is 9.95. The van der Waals surface area contributed by atoms with Crippen LogP contribution in [0.25, 0.3) is 11.1 Å². The zero-order valence-electron chi connectivity index (χ0n) is 60.7. The third-order valence-electron chi connectivity index (χ3n) is 13.7. The van der Waals surface area contributed by atoms with E-state index in [0.717, 1.165) is 0 Å². The number of carbonyl (C=O) groups is 11. The first-order chi connectivity index (χ1) is 45.2. The summed E-state index contributed by atoms with van der Waals surface area (Å²) in [6, 6.07) is 4.34. The van der Waals surface area contributed by atoms with Gasteiger partial charge >= 0.3 is 36.6 Å². The van der Waals surface area contributed by atoms with Crippen LogP contribution in [0.5, 0.6) is 5.75 Å². The van der Waals surface area contributed by atoms with Crippen molar-refractivity contribution in [1.29, 1.82) is 0 Å². The second kappa shape index (κ2) is 37.8. The molecule has 2 aromatic carbocycles. The molecular formula is C69H111N11O18. The Kier molecular flexibility index (Phi) is 32.2. The van der Waals surface area contributed by atoms with Crippen LogP contribution in [-0.4, -0.2) is 174 Å². The SMILES string of the molecule is CC(C)(C)OC(=O)NCCC[C@@H](CNC(=O)[C@H](CCCCNC(=O)[C@@H](CCCNC(=O)OC(C)(C)C)NC(=O)[C@@H]1Cc2cccc(c2)-c2ccc(O)c(c2)C[C@H](NC(=O)OC(C)(C)C)C(=O)N[C@@H](CCCNC(=O)OC(C)(C)C)C(=O)N1)NC(=O)OC(C)(C)C)NC(=O)OC(C)(C)C. The molecule has 0 saturated heterocycles. The van der Waals surface area contributed by atoms with Crippen molar-refractivity contribution >= 4 is 66.1 Å². The van der Waals surface area contributed by atoms with E-state index in [4.69, 9.17) is 28.4 Å². The van der Waals surface area contributed by atoms with Crippen molar-refractivity contribution in [2.75, 3.05) is 32.7 Å². The van der Waals surface area contributed by atoms with Crippen molar-refractivity contribution in [3.63, 3.8) is 0 Å². The summed E-state index contributed by atoms with van der Waals surface area (Å²) in [7, 11) is 0. The Labute approximate surface area is 577 Å². The first-order valence-corrected chi connectivity index (χ1v) is 33.5. The number of nitrogens with one attached hydrogen (secondary N) is 11. The van der Waals surface area contributed by atoms with Crippen molar-refractivity contribution in [1.82, 2.24) is 58.5 Å². The zero-order valence-corrected chi connectivity index (χ0v) is 60.7. The van der Waals surface area contributed by atoms with Crippen molar-refractivity contribution in [3.8, 4) is 16.9 Å². The number of rotatable bonds is 26. The second-order valence-corrected chi connectivity index (χ2v) is 30.1. The molecule has 6 atom stereocenters. The molecule has 0 aromatic heterocycles. The molecule has 2 aromatic rings. The van der Waals surface area contributed by atoms with Crippen LogP contribution in [0, 0.1) is 0 Å². The number of alkyl carbamates (subject to hydrolysis) is 6. The highest BCUT2D eigenvalue weighted by Crippen LogP contribution is 2.29. The van der Waals surface area contributed by atoms with Gasteiger partial charge in [0, 0.05) is 51.6 Å². The number of fused-ring (bicyclic) bond motifs is 5. The van der Waals surface area contributed by atoms with Crippen LogP contribution in [0.15, 0.2) is 42.5 Å². The lowest BCUT2D eigenvalue weighted by molar-refractivity contribution is -0.134. The summed E-state index contributed by atoms with van der Waals surface area (Å²) >= 11 is 0. The van der Waals surface area contributed by atoms with Crippen molar-refractivity contribution in [2.24, 2.45) is 0 Å². The average Bonchev–Trinajstić information content (AvgIpc) is 1.07. The molecule has 12 N–H and O–H groups in total. The van der Waals surface area contributed by atoms with Crippen LogP contribution >= 0.6 is 0 Å². The summed E-state index contributed by atoms with van der Waals surface area (Å²) < 4.78 is 32.6. The van der Waals surface area contributed by atoms with Gasteiger partial charge in [0.25, 0.3) is 0 Å². The monoisotopic (exact) mass is 1380 g/mol. The Morgan fingerprint density at radius 1 is 0.469 bits per heavy atom. The maximum atomic E-state index is 15.0. The van der Waals surface area contributed by atoms with Crippen LogP contribution in [-0.2, 0) is 65.2 Å². The van der Waals surface area contributed by atoms with Crippen LogP contribution < -0.4 is 58.5 Å². The predicted molar refractivity (Wildman–Crippen MR) is 366 cm³/mol. The molecule has 3 rings (SSSR count). The Balaban J connectivity index is 1.99. The Morgan fingerprint density at radius 2 is 0.929 bits per heavy atom. The van der Waals surface area contributed by atoms with Gasteiger partial charge < -0.3 is 92.0 Å². The summed E-state index contributed by atoms with van der Waals surface area (Å²) in [5.41, 5.74) is -3.06. The maximum absolute atomic E-state index is 15.0. The molecular weight excluding hydrogens is 1270 g/mol. The summed E-state index contributed by atoms with van der Waals surface area (Å²) in [6.07, 6.45) is -3.83. The smallest absolute Gasteiger partial charge is 0.408 e. The molecule has 0 aliphatic carbocycles. The number of ether oxygens (including phenoxy) is 6. The molecule has 550 valence electrons. The van der Waals surface area contributed by atoms with Gasteiger partial charge in [-0.1, -0.05) is 30.3 Å². The fourth-order valence-electron chi connectivity index (χ4n) is 9.53. The van der Waals surface area contributed by atoms with Gasteiger partial charge in [0.15, 0.2) is 0 Å². The number of amides is 11. The van der Waals surface area contributed by atoms with Gasteiger partial charge in [0.1, 0.15) is 69.6 Å². The molecule has 98 heavy (non-hydrogen) atoms. The van der Waals surface area contributed by atoms with Gasteiger partial charge in [-0.05, 0) is 217 Å². The fourth-order valence-corrected chi connectivity index (χ4v) is 9.53. The Bertz CT molecular complexity index is 3030. The van der Waals surface area contributed by atoms with E-state index in [1.54, 1.807) is 161 Å². The summed E-state index contributed by atoms with van der Waals surface area (Å²) in [5.74, 6) is -3.97. The van der Waals surface area contributed by atoms with Crippen LogP contribution in [0.4, 0.5) is 28.8 Å². The third-order valence-corrected chi connectivity index (χ3v) is 13.7. The maximum Gasteiger partial charge on any atom is 0.408 e. The van der Waals surface area contributed by atoms with E-state index >= 15 is 0 Å². The van der Waals surface area contributed by atoms with Crippen molar-refractivity contribution in [3.05, 3.63) is 53.6 Å². The fraction of sp³-hybridized carbons (Fsp3) is 0.667. The van der Waals surface area contributed by atoms with E-state index in [-0.39, 0.29) is 108 Å². The van der Waals surface area contributed by atoms with Gasteiger partial charge in [0.2, 0.25) is 29.5 Å². The van der Waals surface area contributed by atoms with E-state index in [0.29, 0.717) is 23.1 Å². The molecule has 29 nitrogen and oxygen atoms in total. The normalized spacial score (nSPS) is 16.3. The van der Waals surface area contributed by atoms with E-state index < -0.39 is 136 Å². The standard InChI is InChI=1S/C69H111N11O18/c1-64(2,3)93-58(87)71-34-22-27-46(75-61(90)96-67(10,11)12)41-74-54(83)48(79-62(91)97-68(13,14)15)28-19-20-33-70-53(82)47(29-23-35-72-59(88)94-65(4,5)6)76-56(85)50-38-42-25-21-26-43(37-42)44-31-32-52(81)45(39-44)40-51(80-63(92)98-69(16,17)18)57(86)77-49(55(84)78-50)30-24-36-73-60(89)95-66(7,8)9/h21,25-26,31-32,37,39,46-51,81H,19-20,22-24,27-30,33-36,38,40-41H2,1-18H3,(H,70,82)(H,71,87)(H,72,88)(H,73,89)(H,74,83)(H,75,90)(H,76,85)(H,77,86)(H,78,84)(H,79,91)(H,80,92)/t46-,47+,48-,49-,50-,51-/m0/s1. The minimum Gasteiger partial charge on any atom is -0.508 e. The minimum absolute atomic E-state index is 0.00122. The molecule has 11 amide bonds. The van der Waals surface area contributed by atoms with E-state index in [2.05, 4.69) is 58.5 Å². The molecule has 29 heteroatoms. The first-order valence-electron chi connectivity index (χ1n) is 33.5. The van der Waals surface area contributed by atoms with E-state index in [1.165, 1.54) is 6.07 Å². The molecule has 4 bridgehead atoms. The molecule has 0 radical (unpaired) electrons. The highest BCUT2D eigenvalue weighted by molar-refractivity contribution is 5.96. The first kappa shape index (κ1) is 83.4. The van der Waals surface area contributed by atoms with Crippen LogP contribution in [0.3, 0.4) is 0 Å². The molecule has 1 aliphatic rings. The van der Waals surface area contributed by atoms with Gasteiger partial charge in [-0.2, -0.15) is 0 Å². The number of phenolic OH excluding ortho intramolecular Hbond substituents is 1. The average molecular weight is 1380 g/mol. The highest BCUT2D eigenvalue weighted by Gasteiger charge is 2.35. The quantitative estimate of drug-likeness (QED) is 0.0318. The summed E-state index contributed by atoms with van der Waals surface area (Å²) in [6.45, 7) is 30.5. The zero-order chi connectivity index (χ0) is 74.0. The van der Waals surface area contributed by atoms with Gasteiger partial charge in [-0.15, -0.1) is 0 Å². The molecule has 0 saturated carbocycles. The number of hydrogen-bond acceptors (Lipinski definition) is 18.